The summed E-state index contributed by atoms with van der Waals surface area (Å²) in [5, 5.41) is 6.02. The minimum atomic E-state index is -0.139. The van der Waals surface area contributed by atoms with Crippen LogP contribution in [0.5, 0.6) is 11.5 Å². The topological polar surface area (TPSA) is 59.6 Å². The molecule has 5 heteroatoms. The van der Waals surface area contributed by atoms with Gasteiger partial charge in [-0.1, -0.05) is 49.0 Å². The summed E-state index contributed by atoms with van der Waals surface area (Å²) in [7, 11) is 0. The molecular weight excluding hydrogens is 400 g/mol. The first kappa shape index (κ1) is 22.9. The van der Waals surface area contributed by atoms with E-state index in [2.05, 4.69) is 29.3 Å². The number of hydrogen-bond acceptors (Lipinski definition) is 4. The minimum Gasteiger partial charge on any atom is -0.494 e. The van der Waals surface area contributed by atoms with Gasteiger partial charge in [0.05, 0.1) is 13.2 Å². The molecule has 3 aromatic rings. The molecule has 0 bridgehead atoms. The fraction of sp³-hybridized carbons (Fsp3) is 0.222. The number of carbonyl (C=O) groups is 1. The summed E-state index contributed by atoms with van der Waals surface area (Å²) in [6.45, 7) is 6.98. The number of rotatable bonds is 12. The van der Waals surface area contributed by atoms with Gasteiger partial charge in [0.1, 0.15) is 18.1 Å². The SMILES string of the molecule is C=C(C)COc1cccc(NCC(=O)Nc2cccc(OCCCc3ccccc3)c2)c1. The second kappa shape index (κ2) is 12.2. The van der Waals surface area contributed by atoms with Crippen LogP contribution >= 0.6 is 0 Å². The van der Waals surface area contributed by atoms with Gasteiger partial charge in [0, 0.05) is 23.5 Å². The summed E-state index contributed by atoms with van der Waals surface area (Å²) < 4.78 is 11.5. The van der Waals surface area contributed by atoms with Crippen molar-refractivity contribution in [1.29, 1.82) is 0 Å². The van der Waals surface area contributed by atoms with Gasteiger partial charge in [-0.25, -0.2) is 0 Å². The molecule has 0 spiro atoms. The first-order chi connectivity index (χ1) is 15.6. The van der Waals surface area contributed by atoms with Gasteiger partial charge in [0.25, 0.3) is 0 Å². The van der Waals surface area contributed by atoms with Crippen LogP contribution in [0.4, 0.5) is 11.4 Å². The Labute approximate surface area is 190 Å². The number of amides is 1. The number of ether oxygens (including phenoxy) is 2. The Morgan fingerprint density at radius 2 is 1.56 bits per heavy atom. The quantitative estimate of drug-likeness (QED) is 0.286. The van der Waals surface area contributed by atoms with Gasteiger partial charge in [-0.3, -0.25) is 4.79 Å². The standard InChI is InChI=1S/C27H30N2O3/c1-21(2)20-32-26-15-6-12-23(17-26)28-19-27(30)29-24-13-7-14-25(18-24)31-16-8-11-22-9-4-3-5-10-22/h3-7,9-10,12-15,17-18,28H,1,8,11,16,19-20H2,2H3,(H,29,30). The van der Waals surface area contributed by atoms with E-state index in [9.17, 15) is 4.79 Å². The van der Waals surface area contributed by atoms with Crippen molar-refractivity contribution in [2.24, 2.45) is 0 Å². The molecule has 0 saturated heterocycles. The molecule has 2 N–H and O–H groups in total. The second-order valence-electron chi connectivity index (χ2n) is 7.64. The molecule has 0 aromatic heterocycles. The summed E-state index contributed by atoms with van der Waals surface area (Å²) in [6.07, 6.45) is 1.90. The number of nitrogens with one attached hydrogen (secondary N) is 2. The molecule has 3 rings (SSSR count). The fourth-order valence-corrected chi connectivity index (χ4v) is 3.06. The maximum atomic E-state index is 12.4. The first-order valence-electron chi connectivity index (χ1n) is 10.8. The molecule has 0 heterocycles. The second-order valence-corrected chi connectivity index (χ2v) is 7.64. The minimum absolute atomic E-state index is 0.139. The molecule has 0 aliphatic rings. The van der Waals surface area contributed by atoms with Crippen molar-refractivity contribution in [3.05, 3.63) is 96.6 Å². The fourth-order valence-electron chi connectivity index (χ4n) is 3.06. The van der Waals surface area contributed by atoms with Crippen molar-refractivity contribution >= 4 is 17.3 Å². The third-order valence-corrected chi connectivity index (χ3v) is 4.61. The van der Waals surface area contributed by atoms with Crippen LogP contribution in [-0.4, -0.2) is 25.7 Å². The Kier molecular flexibility index (Phi) is 8.75. The summed E-state index contributed by atoms with van der Waals surface area (Å²) in [6, 6.07) is 25.3. The Morgan fingerprint density at radius 3 is 2.31 bits per heavy atom. The molecule has 0 saturated carbocycles. The highest BCUT2D eigenvalue weighted by atomic mass is 16.5. The van der Waals surface area contributed by atoms with Crippen molar-refractivity contribution in [3.63, 3.8) is 0 Å². The van der Waals surface area contributed by atoms with E-state index in [-0.39, 0.29) is 12.5 Å². The Hall–Kier alpha value is -3.73. The molecule has 0 fully saturated rings. The van der Waals surface area contributed by atoms with E-state index in [0.717, 1.165) is 35.6 Å². The third kappa shape index (κ3) is 8.19. The van der Waals surface area contributed by atoms with Crippen LogP contribution in [-0.2, 0) is 11.2 Å². The van der Waals surface area contributed by atoms with E-state index in [0.29, 0.717) is 18.9 Å². The van der Waals surface area contributed by atoms with Crippen LogP contribution in [0.2, 0.25) is 0 Å². The molecule has 0 aliphatic heterocycles. The zero-order valence-electron chi connectivity index (χ0n) is 18.5. The molecule has 32 heavy (non-hydrogen) atoms. The van der Waals surface area contributed by atoms with Crippen LogP contribution in [0.15, 0.2) is 91.0 Å². The maximum absolute atomic E-state index is 12.4. The van der Waals surface area contributed by atoms with E-state index in [4.69, 9.17) is 9.47 Å². The molecular formula is C27H30N2O3. The normalized spacial score (nSPS) is 10.3. The highest BCUT2D eigenvalue weighted by Gasteiger charge is 2.05. The maximum Gasteiger partial charge on any atom is 0.243 e. The summed E-state index contributed by atoms with van der Waals surface area (Å²) in [5.41, 5.74) is 3.77. The predicted molar refractivity (Wildman–Crippen MR) is 131 cm³/mol. The third-order valence-electron chi connectivity index (χ3n) is 4.61. The molecule has 0 atom stereocenters. The lowest BCUT2D eigenvalue weighted by atomic mass is 10.1. The van der Waals surface area contributed by atoms with E-state index in [1.165, 1.54) is 5.56 Å². The van der Waals surface area contributed by atoms with Crippen molar-refractivity contribution in [1.82, 2.24) is 0 Å². The van der Waals surface area contributed by atoms with Gasteiger partial charge in [0.2, 0.25) is 5.91 Å². The monoisotopic (exact) mass is 430 g/mol. The van der Waals surface area contributed by atoms with E-state index in [1.807, 2.05) is 73.7 Å². The first-order valence-corrected chi connectivity index (χ1v) is 10.8. The Bertz CT molecular complexity index is 1020. The number of hydrogen-bond donors (Lipinski definition) is 2. The van der Waals surface area contributed by atoms with Crippen molar-refractivity contribution in [2.75, 3.05) is 30.4 Å². The van der Waals surface area contributed by atoms with E-state index >= 15 is 0 Å². The molecule has 5 nitrogen and oxygen atoms in total. The molecule has 1 amide bonds. The molecule has 166 valence electrons. The lowest BCUT2D eigenvalue weighted by Gasteiger charge is -2.11. The Balaban J connectivity index is 1.42. The molecule has 0 aliphatic carbocycles. The number of carbonyl (C=O) groups excluding carboxylic acids is 1. The van der Waals surface area contributed by atoms with Crippen LogP contribution in [0.1, 0.15) is 18.9 Å². The van der Waals surface area contributed by atoms with Gasteiger partial charge in [0.15, 0.2) is 0 Å². The number of benzene rings is 3. The highest BCUT2D eigenvalue weighted by Crippen LogP contribution is 2.19. The highest BCUT2D eigenvalue weighted by molar-refractivity contribution is 5.93. The lowest BCUT2D eigenvalue weighted by Crippen LogP contribution is -2.21. The van der Waals surface area contributed by atoms with Crippen molar-refractivity contribution in [2.45, 2.75) is 19.8 Å². The van der Waals surface area contributed by atoms with Crippen molar-refractivity contribution < 1.29 is 14.3 Å². The van der Waals surface area contributed by atoms with E-state index < -0.39 is 0 Å². The van der Waals surface area contributed by atoms with Gasteiger partial charge in [-0.05, 0) is 55.2 Å². The van der Waals surface area contributed by atoms with Crippen LogP contribution in [0.25, 0.3) is 0 Å². The predicted octanol–water partition coefficient (Wildman–Crippen LogP) is 5.70. The number of anilines is 2. The molecule has 0 radical (unpaired) electrons. The molecule has 3 aromatic carbocycles. The van der Waals surface area contributed by atoms with Crippen LogP contribution in [0.3, 0.4) is 0 Å². The largest absolute Gasteiger partial charge is 0.494 e. The van der Waals surface area contributed by atoms with Gasteiger partial charge in [-0.2, -0.15) is 0 Å². The Morgan fingerprint density at radius 1 is 0.875 bits per heavy atom. The number of aryl methyl sites for hydroxylation is 1. The average Bonchev–Trinajstić information content (AvgIpc) is 2.80. The zero-order chi connectivity index (χ0) is 22.6. The van der Waals surface area contributed by atoms with Crippen LogP contribution < -0.4 is 20.1 Å². The van der Waals surface area contributed by atoms with Gasteiger partial charge >= 0.3 is 0 Å². The summed E-state index contributed by atoms with van der Waals surface area (Å²) in [5.74, 6) is 1.33. The smallest absolute Gasteiger partial charge is 0.243 e. The summed E-state index contributed by atoms with van der Waals surface area (Å²) in [4.78, 5) is 12.4. The molecule has 0 unspecified atom stereocenters. The summed E-state index contributed by atoms with van der Waals surface area (Å²) >= 11 is 0. The average molecular weight is 431 g/mol. The zero-order valence-corrected chi connectivity index (χ0v) is 18.5. The van der Waals surface area contributed by atoms with Crippen molar-refractivity contribution in [3.8, 4) is 11.5 Å². The van der Waals surface area contributed by atoms with Gasteiger partial charge < -0.3 is 20.1 Å². The van der Waals surface area contributed by atoms with Gasteiger partial charge in [-0.15, -0.1) is 0 Å². The van der Waals surface area contributed by atoms with Crippen LogP contribution in [0, 0.1) is 0 Å². The lowest BCUT2D eigenvalue weighted by molar-refractivity contribution is -0.114. The van der Waals surface area contributed by atoms with E-state index in [1.54, 1.807) is 0 Å².